The Kier molecular flexibility index (Phi) is 2.71. The summed E-state index contributed by atoms with van der Waals surface area (Å²) < 4.78 is 0. The highest BCUT2D eigenvalue weighted by Crippen LogP contribution is 2.33. The Balaban J connectivity index is 2.68. The molecule has 0 spiro atoms. The second-order valence-electron chi connectivity index (χ2n) is 3.82. The maximum atomic E-state index is 9.54. The fraction of sp³-hybridized carbons (Fsp3) is 0.889. The third kappa shape index (κ3) is 1.45. The van der Waals surface area contributed by atoms with Gasteiger partial charge >= 0.3 is 0 Å². The predicted molar refractivity (Wildman–Crippen MR) is 45.3 cm³/mol. The molecule has 1 aliphatic carbocycles. The lowest BCUT2D eigenvalue weighted by Crippen LogP contribution is -2.30. The van der Waals surface area contributed by atoms with Gasteiger partial charge in [-0.1, -0.05) is 13.8 Å². The van der Waals surface area contributed by atoms with Crippen molar-refractivity contribution in [1.82, 2.24) is 0 Å². The molecule has 2 N–H and O–H groups in total. The van der Waals surface area contributed by atoms with Crippen LogP contribution in [0.15, 0.2) is 0 Å². The molecular weight excluding hydrogens is 154 g/mol. The summed E-state index contributed by atoms with van der Waals surface area (Å²) in [7, 11) is 0. The van der Waals surface area contributed by atoms with Crippen LogP contribution < -0.4 is 0 Å². The molecule has 0 aliphatic heterocycles. The van der Waals surface area contributed by atoms with Gasteiger partial charge in [0.2, 0.25) is 0 Å². The minimum Gasteiger partial charge on any atom is -0.390 e. The van der Waals surface area contributed by atoms with Crippen molar-refractivity contribution in [3.05, 3.63) is 11.4 Å². The molecule has 1 saturated carbocycles. The quantitative estimate of drug-likeness (QED) is 0.567. The number of aliphatic hydroxyl groups excluding tert-OH is 2. The van der Waals surface area contributed by atoms with Crippen molar-refractivity contribution >= 4 is 0 Å². The maximum absolute atomic E-state index is 9.54. The van der Waals surface area contributed by atoms with Gasteiger partial charge in [-0.3, -0.25) is 0 Å². The Morgan fingerprint density at radius 3 is 2.17 bits per heavy atom. The summed E-state index contributed by atoms with van der Waals surface area (Å²) in [6.45, 7) is 10.8. The summed E-state index contributed by atoms with van der Waals surface area (Å²) in [6, 6.07) is -0.396. The van der Waals surface area contributed by atoms with Crippen LogP contribution >= 0.6 is 0 Å². The van der Waals surface area contributed by atoms with Gasteiger partial charge in [-0.2, -0.15) is 0 Å². The smallest absolute Gasteiger partial charge is 0.252 e. The second-order valence-corrected chi connectivity index (χ2v) is 3.82. The van der Waals surface area contributed by atoms with Gasteiger partial charge in [0.25, 0.3) is 6.04 Å². The van der Waals surface area contributed by atoms with Crippen LogP contribution in [0.3, 0.4) is 0 Å². The van der Waals surface area contributed by atoms with E-state index < -0.39 is 18.2 Å². The summed E-state index contributed by atoms with van der Waals surface area (Å²) in [5, 5.41) is 18.9. The lowest BCUT2D eigenvalue weighted by atomic mass is 9.92. The SMILES string of the molecule is [C-]#[N+][C@H]1C[C@@H](C(C)C)[C@H](O)[C@@H]1O. The molecule has 0 amide bonds. The molecule has 4 atom stereocenters. The zero-order valence-corrected chi connectivity index (χ0v) is 7.44. The molecule has 0 bridgehead atoms. The van der Waals surface area contributed by atoms with Crippen LogP contribution in [-0.2, 0) is 0 Å². The Labute approximate surface area is 72.8 Å². The van der Waals surface area contributed by atoms with Crippen LogP contribution in [0, 0.1) is 18.4 Å². The molecule has 3 heteroatoms. The topological polar surface area (TPSA) is 44.8 Å². The molecular formula is C9H15NO2. The molecule has 0 aromatic heterocycles. The molecule has 0 unspecified atom stereocenters. The van der Waals surface area contributed by atoms with Gasteiger partial charge in [-0.15, -0.1) is 0 Å². The average Bonchev–Trinajstić information content (AvgIpc) is 2.30. The zero-order chi connectivity index (χ0) is 9.30. The first-order chi connectivity index (χ1) is 5.57. The fourth-order valence-corrected chi connectivity index (χ4v) is 1.83. The molecule has 0 radical (unpaired) electrons. The minimum absolute atomic E-state index is 0.0825. The normalized spacial score (nSPS) is 41.7. The number of hydrogen-bond donors (Lipinski definition) is 2. The Morgan fingerprint density at radius 1 is 1.33 bits per heavy atom. The summed E-state index contributed by atoms with van der Waals surface area (Å²) in [5.41, 5.74) is 0. The van der Waals surface area contributed by atoms with Crippen molar-refractivity contribution < 1.29 is 10.2 Å². The summed E-state index contributed by atoms with van der Waals surface area (Å²) in [6.07, 6.45) is -0.914. The van der Waals surface area contributed by atoms with Gasteiger partial charge in [0, 0.05) is 6.42 Å². The van der Waals surface area contributed by atoms with Crippen molar-refractivity contribution in [1.29, 1.82) is 0 Å². The van der Waals surface area contributed by atoms with Crippen molar-refractivity contribution in [3.63, 3.8) is 0 Å². The zero-order valence-electron chi connectivity index (χ0n) is 7.44. The van der Waals surface area contributed by atoms with Crippen molar-refractivity contribution in [2.24, 2.45) is 11.8 Å². The van der Waals surface area contributed by atoms with Gasteiger partial charge < -0.3 is 15.1 Å². The minimum atomic E-state index is -0.838. The molecule has 1 rings (SSSR count). The lowest BCUT2D eigenvalue weighted by molar-refractivity contribution is 0.00870. The van der Waals surface area contributed by atoms with Gasteiger partial charge in [0.15, 0.2) is 6.10 Å². The van der Waals surface area contributed by atoms with E-state index in [0.29, 0.717) is 12.3 Å². The second kappa shape index (κ2) is 3.42. The van der Waals surface area contributed by atoms with E-state index in [1.807, 2.05) is 13.8 Å². The third-order valence-electron chi connectivity index (χ3n) is 2.72. The third-order valence-corrected chi connectivity index (χ3v) is 2.72. The highest BCUT2D eigenvalue weighted by molar-refractivity contribution is 5.01. The molecule has 68 valence electrons. The van der Waals surface area contributed by atoms with Crippen molar-refractivity contribution in [3.8, 4) is 0 Å². The molecule has 0 aromatic carbocycles. The van der Waals surface area contributed by atoms with Gasteiger partial charge in [-0.05, 0) is 11.8 Å². The number of hydrogen-bond acceptors (Lipinski definition) is 2. The van der Waals surface area contributed by atoms with E-state index in [-0.39, 0.29) is 5.92 Å². The standard InChI is InChI=1S/C9H15NO2/c1-5(2)6-4-7(10-3)9(12)8(6)11/h5-9,11-12H,4H2,1-2H3/t6-,7-,8-,9+/m0/s1. The van der Waals surface area contributed by atoms with Gasteiger partial charge in [-0.25, -0.2) is 6.57 Å². The fourth-order valence-electron chi connectivity index (χ4n) is 1.83. The number of rotatable bonds is 1. The molecule has 0 saturated heterocycles. The van der Waals surface area contributed by atoms with Crippen LogP contribution in [0.25, 0.3) is 4.85 Å². The summed E-state index contributed by atoms with van der Waals surface area (Å²) >= 11 is 0. The number of nitrogens with zero attached hydrogens (tertiary/aromatic N) is 1. The van der Waals surface area contributed by atoms with E-state index in [1.165, 1.54) is 0 Å². The molecule has 1 aliphatic rings. The first kappa shape index (κ1) is 9.50. The van der Waals surface area contributed by atoms with E-state index in [4.69, 9.17) is 6.57 Å². The van der Waals surface area contributed by atoms with E-state index in [0.717, 1.165) is 0 Å². The molecule has 1 fully saturated rings. The lowest BCUT2D eigenvalue weighted by Gasteiger charge is -2.17. The summed E-state index contributed by atoms with van der Waals surface area (Å²) in [5.74, 6) is 0.417. The Hall–Kier alpha value is -0.590. The van der Waals surface area contributed by atoms with Gasteiger partial charge in [0.05, 0.1) is 6.10 Å². The monoisotopic (exact) mass is 169 g/mol. The average molecular weight is 169 g/mol. The van der Waals surface area contributed by atoms with Crippen LogP contribution in [-0.4, -0.2) is 28.5 Å². The van der Waals surface area contributed by atoms with Crippen LogP contribution in [0.2, 0.25) is 0 Å². The van der Waals surface area contributed by atoms with Crippen molar-refractivity contribution in [2.45, 2.75) is 38.5 Å². The highest BCUT2D eigenvalue weighted by atomic mass is 16.3. The van der Waals surface area contributed by atoms with E-state index >= 15 is 0 Å². The molecule has 0 heterocycles. The number of aliphatic hydroxyl groups is 2. The van der Waals surface area contributed by atoms with Crippen LogP contribution in [0.1, 0.15) is 20.3 Å². The van der Waals surface area contributed by atoms with Crippen LogP contribution in [0.5, 0.6) is 0 Å². The Morgan fingerprint density at radius 2 is 1.92 bits per heavy atom. The largest absolute Gasteiger partial charge is 0.390 e. The first-order valence-corrected chi connectivity index (χ1v) is 4.30. The molecule has 0 aromatic rings. The highest BCUT2D eigenvalue weighted by Gasteiger charge is 2.46. The van der Waals surface area contributed by atoms with Crippen molar-refractivity contribution in [2.75, 3.05) is 0 Å². The predicted octanol–water partition coefficient (Wildman–Crippen LogP) is 0.672. The first-order valence-electron chi connectivity index (χ1n) is 4.30. The van der Waals surface area contributed by atoms with Crippen LogP contribution in [0.4, 0.5) is 0 Å². The maximum Gasteiger partial charge on any atom is 0.252 e. The van der Waals surface area contributed by atoms with E-state index in [2.05, 4.69) is 4.85 Å². The molecule has 12 heavy (non-hydrogen) atoms. The summed E-state index contributed by atoms with van der Waals surface area (Å²) in [4.78, 5) is 3.29. The van der Waals surface area contributed by atoms with E-state index in [1.54, 1.807) is 0 Å². The van der Waals surface area contributed by atoms with E-state index in [9.17, 15) is 10.2 Å². The Bertz CT molecular complexity index is 197. The van der Waals surface area contributed by atoms with Gasteiger partial charge in [0.1, 0.15) is 0 Å². The molecule has 3 nitrogen and oxygen atoms in total.